The molecule has 1 nitrogen and oxygen atoms in total. The summed E-state index contributed by atoms with van der Waals surface area (Å²) in [4.78, 5) is 0. The van der Waals surface area contributed by atoms with E-state index in [0.29, 0.717) is 0 Å². The van der Waals surface area contributed by atoms with Crippen molar-refractivity contribution < 1.29 is 4.74 Å². The van der Waals surface area contributed by atoms with E-state index in [-0.39, 0.29) is 5.41 Å². The number of hydrogen-bond donors (Lipinski definition) is 0. The van der Waals surface area contributed by atoms with Crippen molar-refractivity contribution in [1.29, 1.82) is 0 Å². The summed E-state index contributed by atoms with van der Waals surface area (Å²) in [6.45, 7) is 6.66. The van der Waals surface area contributed by atoms with E-state index in [9.17, 15) is 0 Å². The van der Waals surface area contributed by atoms with Gasteiger partial charge in [-0.2, -0.15) is 0 Å². The minimum absolute atomic E-state index is 0.184. The third-order valence-corrected chi connectivity index (χ3v) is 3.08. The van der Waals surface area contributed by atoms with Gasteiger partial charge in [-0.15, -0.1) is 0 Å². The number of rotatable bonds is 2. The molecular formula is C17H19O. The lowest BCUT2D eigenvalue weighted by atomic mass is 9.86. The minimum Gasteiger partial charge on any atom is -0.496 e. The van der Waals surface area contributed by atoms with Crippen molar-refractivity contribution in [3.63, 3.8) is 0 Å². The SMILES string of the molecule is COc1ccc[c]c1-c1ccc(C(C)(C)C)cc1. The van der Waals surface area contributed by atoms with Crippen LogP contribution in [-0.2, 0) is 5.41 Å². The van der Waals surface area contributed by atoms with E-state index in [0.717, 1.165) is 16.9 Å². The second-order valence-electron chi connectivity index (χ2n) is 5.44. The zero-order valence-electron chi connectivity index (χ0n) is 11.4. The molecule has 0 aliphatic rings. The van der Waals surface area contributed by atoms with Gasteiger partial charge >= 0.3 is 0 Å². The van der Waals surface area contributed by atoms with Crippen LogP contribution in [0.25, 0.3) is 11.1 Å². The van der Waals surface area contributed by atoms with Gasteiger partial charge in [0.2, 0.25) is 0 Å². The summed E-state index contributed by atoms with van der Waals surface area (Å²) in [5.74, 6) is 0.862. The fourth-order valence-corrected chi connectivity index (χ4v) is 1.95. The zero-order chi connectivity index (χ0) is 13.2. The number of hydrogen-bond acceptors (Lipinski definition) is 1. The summed E-state index contributed by atoms with van der Waals surface area (Å²) < 4.78 is 5.37. The van der Waals surface area contributed by atoms with E-state index in [1.807, 2.05) is 18.2 Å². The van der Waals surface area contributed by atoms with Crippen molar-refractivity contribution in [1.82, 2.24) is 0 Å². The van der Waals surface area contributed by atoms with Crippen LogP contribution in [0.15, 0.2) is 42.5 Å². The lowest BCUT2D eigenvalue weighted by Gasteiger charge is -2.19. The average molecular weight is 239 g/mol. The van der Waals surface area contributed by atoms with Gasteiger partial charge in [0.25, 0.3) is 0 Å². The highest BCUT2D eigenvalue weighted by Gasteiger charge is 2.13. The van der Waals surface area contributed by atoms with Gasteiger partial charge in [-0.1, -0.05) is 57.2 Å². The fourth-order valence-electron chi connectivity index (χ4n) is 1.95. The Bertz CT molecular complexity index is 518. The van der Waals surface area contributed by atoms with E-state index in [2.05, 4.69) is 51.1 Å². The summed E-state index contributed by atoms with van der Waals surface area (Å²) in [5, 5.41) is 0. The molecule has 0 saturated carbocycles. The molecule has 0 N–H and O–H groups in total. The van der Waals surface area contributed by atoms with Crippen molar-refractivity contribution in [3.8, 4) is 16.9 Å². The number of methoxy groups -OCH3 is 1. The van der Waals surface area contributed by atoms with Crippen molar-refractivity contribution in [2.24, 2.45) is 0 Å². The number of benzene rings is 2. The van der Waals surface area contributed by atoms with Crippen molar-refractivity contribution >= 4 is 0 Å². The van der Waals surface area contributed by atoms with Crippen LogP contribution in [0.4, 0.5) is 0 Å². The molecule has 0 saturated heterocycles. The maximum Gasteiger partial charge on any atom is 0.127 e. The summed E-state index contributed by atoms with van der Waals surface area (Å²) >= 11 is 0. The molecule has 0 fully saturated rings. The molecule has 0 atom stereocenters. The van der Waals surface area contributed by atoms with Gasteiger partial charge in [-0.25, -0.2) is 0 Å². The normalized spacial score (nSPS) is 11.3. The maximum absolute atomic E-state index is 5.37. The molecule has 0 spiro atoms. The van der Waals surface area contributed by atoms with E-state index in [1.165, 1.54) is 5.56 Å². The van der Waals surface area contributed by atoms with Gasteiger partial charge in [-0.05, 0) is 28.7 Å². The Morgan fingerprint density at radius 3 is 2.22 bits per heavy atom. The van der Waals surface area contributed by atoms with Crippen LogP contribution in [0.1, 0.15) is 26.3 Å². The zero-order valence-corrected chi connectivity index (χ0v) is 11.4. The second kappa shape index (κ2) is 4.85. The van der Waals surface area contributed by atoms with Crippen LogP contribution in [0.2, 0.25) is 0 Å². The molecule has 0 bridgehead atoms. The Balaban J connectivity index is 2.41. The van der Waals surface area contributed by atoms with Crippen molar-refractivity contribution in [2.75, 3.05) is 7.11 Å². The topological polar surface area (TPSA) is 9.23 Å². The van der Waals surface area contributed by atoms with Crippen LogP contribution >= 0.6 is 0 Å². The van der Waals surface area contributed by atoms with Gasteiger partial charge in [0.1, 0.15) is 5.75 Å². The van der Waals surface area contributed by atoms with Crippen LogP contribution in [-0.4, -0.2) is 7.11 Å². The van der Waals surface area contributed by atoms with Crippen LogP contribution in [0.5, 0.6) is 5.75 Å². The Morgan fingerprint density at radius 1 is 1.00 bits per heavy atom. The van der Waals surface area contributed by atoms with Gasteiger partial charge in [0.15, 0.2) is 0 Å². The van der Waals surface area contributed by atoms with E-state index >= 15 is 0 Å². The van der Waals surface area contributed by atoms with Crippen molar-refractivity contribution in [2.45, 2.75) is 26.2 Å². The molecule has 0 aromatic heterocycles. The standard InChI is InChI=1S/C17H19O/c1-17(2,3)14-11-9-13(10-12-14)15-7-5-6-8-16(15)18-4/h5-6,8-12H,1-4H3. The van der Waals surface area contributed by atoms with Gasteiger partial charge in [0.05, 0.1) is 7.11 Å². The molecule has 0 aliphatic carbocycles. The Morgan fingerprint density at radius 2 is 1.67 bits per heavy atom. The first-order valence-corrected chi connectivity index (χ1v) is 6.18. The first-order chi connectivity index (χ1) is 8.52. The van der Waals surface area contributed by atoms with Crippen LogP contribution < -0.4 is 4.74 Å². The Kier molecular flexibility index (Phi) is 3.42. The van der Waals surface area contributed by atoms with Gasteiger partial charge < -0.3 is 4.74 Å². The second-order valence-corrected chi connectivity index (χ2v) is 5.44. The van der Waals surface area contributed by atoms with Crippen LogP contribution in [0.3, 0.4) is 0 Å². The van der Waals surface area contributed by atoms with Gasteiger partial charge in [0, 0.05) is 5.56 Å². The van der Waals surface area contributed by atoms with Crippen molar-refractivity contribution in [3.05, 3.63) is 54.1 Å². The molecule has 2 aromatic carbocycles. The minimum atomic E-state index is 0.184. The molecule has 1 radical (unpaired) electrons. The molecule has 0 aliphatic heterocycles. The molecule has 0 unspecified atom stereocenters. The lowest BCUT2D eigenvalue weighted by Crippen LogP contribution is -2.10. The molecule has 2 rings (SSSR count). The molecule has 18 heavy (non-hydrogen) atoms. The molecule has 2 aromatic rings. The highest BCUT2D eigenvalue weighted by Crippen LogP contribution is 2.31. The third-order valence-electron chi connectivity index (χ3n) is 3.08. The number of ether oxygens (including phenoxy) is 1. The Labute approximate surface area is 109 Å². The summed E-state index contributed by atoms with van der Waals surface area (Å²) in [7, 11) is 1.69. The first-order valence-electron chi connectivity index (χ1n) is 6.18. The monoisotopic (exact) mass is 239 g/mol. The quantitative estimate of drug-likeness (QED) is 0.751. The predicted molar refractivity (Wildman–Crippen MR) is 76.0 cm³/mol. The van der Waals surface area contributed by atoms with E-state index in [4.69, 9.17) is 4.74 Å². The van der Waals surface area contributed by atoms with Gasteiger partial charge in [-0.3, -0.25) is 0 Å². The van der Waals surface area contributed by atoms with Crippen LogP contribution in [0, 0.1) is 6.07 Å². The third kappa shape index (κ3) is 2.56. The fraction of sp³-hybridized carbons (Fsp3) is 0.294. The largest absolute Gasteiger partial charge is 0.496 e. The molecular weight excluding hydrogens is 220 g/mol. The van der Waals surface area contributed by atoms with E-state index < -0.39 is 0 Å². The smallest absolute Gasteiger partial charge is 0.127 e. The summed E-state index contributed by atoms with van der Waals surface area (Å²) in [5.41, 5.74) is 3.67. The average Bonchev–Trinajstić information content (AvgIpc) is 2.38. The highest BCUT2D eigenvalue weighted by atomic mass is 16.5. The maximum atomic E-state index is 5.37. The molecule has 0 amide bonds. The molecule has 0 heterocycles. The molecule has 1 heteroatoms. The Hall–Kier alpha value is -1.76. The molecule has 93 valence electrons. The van der Waals surface area contributed by atoms with E-state index in [1.54, 1.807) is 7.11 Å². The lowest BCUT2D eigenvalue weighted by molar-refractivity contribution is 0.416. The first kappa shape index (κ1) is 12.7. The summed E-state index contributed by atoms with van der Waals surface area (Å²) in [6.07, 6.45) is 0. The summed E-state index contributed by atoms with van der Waals surface area (Å²) in [6, 6.07) is 17.7. The predicted octanol–water partition coefficient (Wildman–Crippen LogP) is 4.46. The highest BCUT2D eigenvalue weighted by molar-refractivity contribution is 5.70.